The van der Waals surface area contributed by atoms with Gasteiger partial charge in [-0.05, 0) is 5.56 Å². The van der Waals surface area contributed by atoms with Gasteiger partial charge in [0.05, 0.1) is 6.61 Å². The van der Waals surface area contributed by atoms with Crippen molar-refractivity contribution in [1.82, 2.24) is 0 Å². The van der Waals surface area contributed by atoms with Crippen molar-refractivity contribution in [3.05, 3.63) is 35.9 Å². The molecule has 0 radical (unpaired) electrons. The molecule has 4 heteroatoms. The number of benzene rings is 1. The number of ether oxygens (including phenoxy) is 1. The summed E-state index contributed by atoms with van der Waals surface area (Å²) in [5.74, 6) is -0.939. The van der Waals surface area contributed by atoms with E-state index in [9.17, 15) is 4.79 Å². The van der Waals surface area contributed by atoms with Crippen LogP contribution in [-0.2, 0) is 16.1 Å². The fraction of sp³-hybridized carbons (Fsp3) is 0.222. The van der Waals surface area contributed by atoms with E-state index >= 15 is 0 Å². The van der Waals surface area contributed by atoms with E-state index in [1.54, 1.807) is 0 Å². The van der Waals surface area contributed by atoms with Gasteiger partial charge in [-0.25, -0.2) is 4.79 Å². The summed E-state index contributed by atoms with van der Waals surface area (Å²) < 4.78 is 4.88. The van der Waals surface area contributed by atoms with Crippen LogP contribution in [0.15, 0.2) is 30.3 Å². The Labute approximate surface area is 100 Å². The minimum Gasteiger partial charge on any atom is -1.00 e. The second-order valence-electron chi connectivity index (χ2n) is 2.37. The average molecular weight is 190 g/mol. The molecule has 0 amide bonds. The van der Waals surface area contributed by atoms with Crippen molar-refractivity contribution in [2.24, 2.45) is 0 Å². The van der Waals surface area contributed by atoms with E-state index in [0.29, 0.717) is 6.61 Å². The molecule has 66 valence electrons. The summed E-state index contributed by atoms with van der Waals surface area (Å²) >= 11 is 0. The van der Waals surface area contributed by atoms with Crippen LogP contribution in [0.2, 0.25) is 0 Å². The molecule has 0 heterocycles. The van der Waals surface area contributed by atoms with E-state index in [1.807, 2.05) is 30.3 Å². The summed E-state index contributed by atoms with van der Waals surface area (Å²) in [5, 5.41) is 8.27. The topological polar surface area (TPSA) is 46.5 Å². The molecule has 13 heavy (non-hydrogen) atoms. The van der Waals surface area contributed by atoms with Gasteiger partial charge >= 0.3 is 35.5 Å². The SMILES string of the molecule is O=C(O)COCc1ccccc1.[H-].[Na+]. The molecule has 0 saturated carbocycles. The van der Waals surface area contributed by atoms with E-state index in [-0.39, 0.29) is 37.6 Å². The normalized spacial score (nSPS) is 8.92. The van der Waals surface area contributed by atoms with E-state index in [2.05, 4.69) is 0 Å². The van der Waals surface area contributed by atoms with Crippen LogP contribution in [0.25, 0.3) is 0 Å². The van der Waals surface area contributed by atoms with Crippen molar-refractivity contribution in [1.29, 1.82) is 0 Å². The Morgan fingerprint density at radius 2 is 2.00 bits per heavy atom. The first-order valence-electron chi connectivity index (χ1n) is 3.62. The zero-order valence-corrected chi connectivity index (χ0v) is 9.56. The Morgan fingerprint density at radius 1 is 1.38 bits per heavy atom. The van der Waals surface area contributed by atoms with E-state index in [4.69, 9.17) is 9.84 Å². The second-order valence-corrected chi connectivity index (χ2v) is 2.37. The molecular formula is C9H11NaO3. The average Bonchev–Trinajstić information content (AvgIpc) is 2.05. The van der Waals surface area contributed by atoms with Crippen LogP contribution in [0.5, 0.6) is 0 Å². The van der Waals surface area contributed by atoms with Gasteiger partial charge in [0.25, 0.3) is 0 Å². The van der Waals surface area contributed by atoms with E-state index < -0.39 is 5.97 Å². The Kier molecular flexibility index (Phi) is 6.90. The quantitative estimate of drug-likeness (QED) is 0.582. The predicted molar refractivity (Wildman–Crippen MR) is 44.8 cm³/mol. The van der Waals surface area contributed by atoms with Crippen molar-refractivity contribution in [2.75, 3.05) is 6.61 Å². The Morgan fingerprint density at radius 3 is 2.54 bits per heavy atom. The third-order valence-electron chi connectivity index (χ3n) is 1.34. The van der Waals surface area contributed by atoms with Gasteiger partial charge in [0.15, 0.2) is 0 Å². The number of carboxylic acid groups (broad SMARTS) is 1. The summed E-state index contributed by atoms with van der Waals surface area (Å²) in [6.07, 6.45) is 0. The fourth-order valence-corrected chi connectivity index (χ4v) is 0.830. The molecule has 0 aliphatic heterocycles. The Hall–Kier alpha value is -0.350. The van der Waals surface area contributed by atoms with Gasteiger partial charge in [0, 0.05) is 0 Å². The summed E-state index contributed by atoms with van der Waals surface area (Å²) in [6, 6.07) is 9.46. The van der Waals surface area contributed by atoms with Crippen LogP contribution < -0.4 is 29.6 Å². The number of carboxylic acids is 1. The Balaban J connectivity index is 0. The maximum Gasteiger partial charge on any atom is 1.00 e. The van der Waals surface area contributed by atoms with Gasteiger partial charge in [0.1, 0.15) is 6.61 Å². The van der Waals surface area contributed by atoms with Crippen molar-refractivity contribution in [2.45, 2.75) is 6.61 Å². The van der Waals surface area contributed by atoms with Gasteiger partial charge in [-0.15, -0.1) is 0 Å². The molecule has 3 nitrogen and oxygen atoms in total. The van der Waals surface area contributed by atoms with Crippen molar-refractivity contribution in [3.63, 3.8) is 0 Å². The first-order chi connectivity index (χ1) is 5.79. The molecule has 0 aromatic heterocycles. The van der Waals surface area contributed by atoms with Crippen LogP contribution >= 0.6 is 0 Å². The molecular weight excluding hydrogens is 179 g/mol. The summed E-state index contributed by atoms with van der Waals surface area (Å²) in [4.78, 5) is 10.1. The van der Waals surface area contributed by atoms with Crippen LogP contribution in [0.3, 0.4) is 0 Å². The number of carbonyl (C=O) groups is 1. The molecule has 0 spiro atoms. The third-order valence-corrected chi connectivity index (χ3v) is 1.34. The maximum atomic E-state index is 10.1. The van der Waals surface area contributed by atoms with Crippen molar-refractivity contribution < 1.29 is 45.6 Å². The summed E-state index contributed by atoms with van der Waals surface area (Å²) in [6.45, 7) is 0.113. The van der Waals surface area contributed by atoms with E-state index in [0.717, 1.165) is 5.56 Å². The predicted octanol–water partition coefficient (Wildman–Crippen LogP) is -1.60. The van der Waals surface area contributed by atoms with Crippen LogP contribution in [-0.4, -0.2) is 17.7 Å². The van der Waals surface area contributed by atoms with Crippen LogP contribution in [0.4, 0.5) is 0 Å². The molecule has 1 aromatic rings. The van der Waals surface area contributed by atoms with Crippen LogP contribution in [0.1, 0.15) is 6.99 Å². The third kappa shape index (κ3) is 5.82. The zero-order valence-electron chi connectivity index (χ0n) is 8.56. The van der Waals surface area contributed by atoms with Crippen molar-refractivity contribution in [3.8, 4) is 0 Å². The fourth-order valence-electron chi connectivity index (χ4n) is 0.830. The molecule has 0 aliphatic carbocycles. The monoisotopic (exact) mass is 190 g/mol. The van der Waals surface area contributed by atoms with Gasteiger partial charge in [0.2, 0.25) is 0 Å². The molecule has 0 aliphatic rings. The van der Waals surface area contributed by atoms with Crippen molar-refractivity contribution >= 4 is 5.97 Å². The number of hydrogen-bond acceptors (Lipinski definition) is 2. The standard InChI is InChI=1S/C9H10O3.Na.H/c10-9(11)7-12-6-8-4-2-1-3-5-8;;/h1-5H,6-7H2,(H,10,11);;/q;+1;-1. The van der Waals surface area contributed by atoms with E-state index in [1.165, 1.54) is 0 Å². The smallest absolute Gasteiger partial charge is 1.00 e. The molecule has 0 atom stereocenters. The minimum absolute atomic E-state index is 0. The molecule has 1 N–H and O–H groups in total. The van der Waals surface area contributed by atoms with Gasteiger partial charge in [-0.3, -0.25) is 0 Å². The number of rotatable bonds is 4. The molecule has 1 rings (SSSR count). The first-order valence-corrected chi connectivity index (χ1v) is 3.62. The van der Waals surface area contributed by atoms with Gasteiger partial charge < -0.3 is 11.3 Å². The van der Waals surface area contributed by atoms with Crippen LogP contribution in [0, 0.1) is 0 Å². The molecule has 0 fully saturated rings. The largest absolute Gasteiger partial charge is 1.00 e. The molecule has 0 bridgehead atoms. The summed E-state index contributed by atoms with van der Waals surface area (Å²) in [7, 11) is 0. The molecule has 0 unspecified atom stereocenters. The molecule has 0 saturated heterocycles. The Bertz CT molecular complexity index is 253. The maximum absolute atomic E-state index is 10.1. The van der Waals surface area contributed by atoms with Gasteiger partial charge in [-0.2, -0.15) is 0 Å². The number of aliphatic carboxylic acids is 1. The second kappa shape index (κ2) is 7.09. The first kappa shape index (κ1) is 12.7. The number of hydrogen-bond donors (Lipinski definition) is 1. The zero-order chi connectivity index (χ0) is 8.81. The minimum atomic E-state index is -0.939. The van der Waals surface area contributed by atoms with Gasteiger partial charge in [-0.1, -0.05) is 30.3 Å². The molecule has 1 aromatic carbocycles. The summed E-state index contributed by atoms with van der Waals surface area (Å²) in [5.41, 5.74) is 0.985.